The molecule has 1 aromatic rings. The molecule has 0 atom stereocenters. The molecular formula is C16H27NOS. The summed E-state index contributed by atoms with van der Waals surface area (Å²) < 4.78 is 5.15. The van der Waals surface area contributed by atoms with Crippen molar-refractivity contribution in [3.8, 4) is 5.75 Å². The lowest BCUT2D eigenvalue weighted by atomic mass is 10.1. The van der Waals surface area contributed by atoms with E-state index < -0.39 is 0 Å². The molecule has 0 radical (unpaired) electrons. The molecule has 0 aliphatic carbocycles. The van der Waals surface area contributed by atoms with E-state index in [4.69, 9.17) is 4.74 Å². The van der Waals surface area contributed by atoms with Crippen LogP contribution in [0.25, 0.3) is 0 Å². The Morgan fingerprint density at radius 3 is 2.42 bits per heavy atom. The first-order chi connectivity index (χ1) is 9.36. The van der Waals surface area contributed by atoms with Crippen LogP contribution in [0.1, 0.15) is 31.2 Å². The van der Waals surface area contributed by atoms with E-state index in [2.05, 4.69) is 23.7 Å². The van der Waals surface area contributed by atoms with Gasteiger partial charge in [0.05, 0.1) is 7.11 Å². The van der Waals surface area contributed by atoms with Crippen LogP contribution in [0, 0.1) is 0 Å². The highest BCUT2D eigenvalue weighted by Crippen LogP contribution is 2.11. The number of benzene rings is 1. The molecule has 0 aromatic heterocycles. The molecule has 0 heterocycles. The van der Waals surface area contributed by atoms with Crippen molar-refractivity contribution in [2.45, 2.75) is 32.1 Å². The molecule has 0 unspecified atom stereocenters. The third-order valence-electron chi connectivity index (χ3n) is 3.20. The highest BCUT2D eigenvalue weighted by Gasteiger charge is 1.95. The second-order valence-electron chi connectivity index (χ2n) is 4.76. The third-order valence-corrected chi connectivity index (χ3v) is 3.90. The highest BCUT2D eigenvalue weighted by molar-refractivity contribution is 7.98. The van der Waals surface area contributed by atoms with Crippen LogP contribution >= 0.6 is 11.8 Å². The molecule has 3 heteroatoms. The van der Waals surface area contributed by atoms with E-state index in [1.165, 1.54) is 37.0 Å². The van der Waals surface area contributed by atoms with E-state index in [9.17, 15) is 0 Å². The normalized spacial score (nSPS) is 10.6. The van der Waals surface area contributed by atoms with Gasteiger partial charge in [0.25, 0.3) is 0 Å². The van der Waals surface area contributed by atoms with Crippen molar-refractivity contribution in [3.63, 3.8) is 0 Å². The zero-order chi connectivity index (χ0) is 13.8. The predicted octanol–water partition coefficient (Wildman–Crippen LogP) is 3.75. The summed E-state index contributed by atoms with van der Waals surface area (Å²) in [6.45, 7) is 2.21. The first kappa shape index (κ1) is 16.4. The van der Waals surface area contributed by atoms with Gasteiger partial charge in [0, 0.05) is 0 Å². The summed E-state index contributed by atoms with van der Waals surface area (Å²) in [6, 6.07) is 8.34. The number of unbranched alkanes of at least 4 members (excludes halogenated alkanes) is 3. The fraction of sp³-hybridized carbons (Fsp3) is 0.625. The zero-order valence-electron chi connectivity index (χ0n) is 12.3. The number of hydrogen-bond acceptors (Lipinski definition) is 3. The van der Waals surface area contributed by atoms with Gasteiger partial charge in [-0.1, -0.05) is 25.0 Å². The molecule has 0 aliphatic heterocycles. The van der Waals surface area contributed by atoms with E-state index in [1.807, 2.05) is 23.9 Å². The van der Waals surface area contributed by atoms with E-state index in [-0.39, 0.29) is 0 Å². The first-order valence-corrected chi connectivity index (χ1v) is 8.59. The maximum absolute atomic E-state index is 5.15. The van der Waals surface area contributed by atoms with Gasteiger partial charge in [-0.25, -0.2) is 0 Å². The Balaban J connectivity index is 1.95. The maximum Gasteiger partial charge on any atom is 0.118 e. The Hall–Kier alpha value is -0.670. The summed E-state index contributed by atoms with van der Waals surface area (Å²) in [7, 11) is 1.70. The van der Waals surface area contributed by atoms with E-state index in [0.29, 0.717) is 0 Å². The Kier molecular flexibility index (Phi) is 9.64. The maximum atomic E-state index is 5.15. The lowest BCUT2D eigenvalue weighted by molar-refractivity contribution is 0.414. The van der Waals surface area contributed by atoms with E-state index in [0.717, 1.165) is 25.3 Å². The molecule has 0 fully saturated rings. The summed E-state index contributed by atoms with van der Waals surface area (Å²) >= 11 is 1.95. The lowest BCUT2D eigenvalue weighted by Gasteiger charge is -2.06. The van der Waals surface area contributed by atoms with Crippen LogP contribution in [0.4, 0.5) is 0 Å². The minimum atomic E-state index is 0.932. The second-order valence-corrected chi connectivity index (χ2v) is 5.74. The van der Waals surface area contributed by atoms with Crippen molar-refractivity contribution < 1.29 is 4.74 Å². The van der Waals surface area contributed by atoms with Crippen LogP contribution in [-0.2, 0) is 6.42 Å². The topological polar surface area (TPSA) is 21.3 Å². The van der Waals surface area contributed by atoms with Gasteiger partial charge in [0.1, 0.15) is 5.75 Å². The van der Waals surface area contributed by atoms with Gasteiger partial charge in [-0.15, -0.1) is 0 Å². The Morgan fingerprint density at radius 1 is 1.00 bits per heavy atom. The summed E-state index contributed by atoms with van der Waals surface area (Å²) in [5.41, 5.74) is 1.37. The molecule has 0 spiro atoms. The van der Waals surface area contributed by atoms with Crippen LogP contribution in [-0.4, -0.2) is 32.2 Å². The van der Waals surface area contributed by atoms with Gasteiger partial charge < -0.3 is 10.1 Å². The molecule has 0 saturated heterocycles. The molecular weight excluding hydrogens is 254 g/mol. The molecule has 2 nitrogen and oxygen atoms in total. The minimum absolute atomic E-state index is 0.932. The van der Waals surface area contributed by atoms with Crippen molar-refractivity contribution in [1.82, 2.24) is 5.32 Å². The first-order valence-electron chi connectivity index (χ1n) is 7.19. The van der Waals surface area contributed by atoms with Crippen molar-refractivity contribution in [2.24, 2.45) is 0 Å². The average Bonchev–Trinajstić information content (AvgIpc) is 2.46. The number of nitrogens with one attached hydrogen (secondary N) is 1. The molecule has 0 amide bonds. The fourth-order valence-corrected chi connectivity index (χ4v) is 2.49. The minimum Gasteiger partial charge on any atom is -0.497 e. The van der Waals surface area contributed by atoms with Gasteiger partial charge in [-0.2, -0.15) is 11.8 Å². The summed E-state index contributed by atoms with van der Waals surface area (Å²) in [5, 5.41) is 3.52. The Labute approximate surface area is 122 Å². The number of hydrogen-bond donors (Lipinski definition) is 1. The molecule has 0 bridgehead atoms. The van der Waals surface area contributed by atoms with Gasteiger partial charge in [0.15, 0.2) is 0 Å². The smallest absolute Gasteiger partial charge is 0.118 e. The third kappa shape index (κ3) is 8.17. The van der Waals surface area contributed by atoms with Gasteiger partial charge >= 0.3 is 0 Å². The van der Waals surface area contributed by atoms with Crippen LogP contribution < -0.4 is 10.1 Å². The zero-order valence-corrected chi connectivity index (χ0v) is 13.1. The van der Waals surface area contributed by atoms with Gasteiger partial charge in [-0.05, 0) is 62.1 Å². The van der Waals surface area contributed by atoms with Crippen molar-refractivity contribution in [2.75, 3.05) is 32.2 Å². The number of thioether (sulfide) groups is 1. The number of ether oxygens (including phenoxy) is 1. The summed E-state index contributed by atoms with van der Waals surface area (Å²) in [6.07, 6.45) is 8.68. The SMILES string of the molecule is COc1ccc(CCNCCCCCCSC)cc1. The Bertz CT molecular complexity index is 313. The van der Waals surface area contributed by atoms with Crippen LogP contribution in [0.3, 0.4) is 0 Å². The molecule has 1 N–H and O–H groups in total. The molecule has 0 aliphatic rings. The van der Waals surface area contributed by atoms with Crippen LogP contribution in [0.5, 0.6) is 5.75 Å². The monoisotopic (exact) mass is 281 g/mol. The molecule has 1 aromatic carbocycles. The molecule has 0 saturated carbocycles. The molecule has 19 heavy (non-hydrogen) atoms. The number of methoxy groups -OCH3 is 1. The summed E-state index contributed by atoms with van der Waals surface area (Å²) in [5.74, 6) is 2.24. The van der Waals surface area contributed by atoms with Crippen molar-refractivity contribution in [1.29, 1.82) is 0 Å². The Morgan fingerprint density at radius 2 is 1.74 bits per heavy atom. The average molecular weight is 281 g/mol. The predicted molar refractivity (Wildman–Crippen MR) is 86.4 cm³/mol. The van der Waals surface area contributed by atoms with E-state index in [1.54, 1.807) is 7.11 Å². The van der Waals surface area contributed by atoms with Gasteiger partial charge in [-0.3, -0.25) is 0 Å². The summed E-state index contributed by atoms with van der Waals surface area (Å²) in [4.78, 5) is 0. The highest BCUT2D eigenvalue weighted by atomic mass is 32.2. The second kappa shape index (κ2) is 11.2. The fourth-order valence-electron chi connectivity index (χ4n) is 2.00. The standard InChI is InChI=1S/C16H27NOS/c1-18-16-9-7-15(8-10-16)11-13-17-12-5-3-4-6-14-19-2/h7-10,17H,3-6,11-14H2,1-2H3. The molecule has 108 valence electrons. The van der Waals surface area contributed by atoms with E-state index >= 15 is 0 Å². The number of rotatable bonds is 11. The largest absolute Gasteiger partial charge is 0.497 e. The van der Waals surface area contributed by atoms with Crippen molar-refractivity contribution in [3.05, 3.63) is 29.8 Å². The van der Waals surface area contributed by atoms with Gasteiger partial charge in [0.2, 0.25) is 0 Å². The molecule has 1 rings (SSSR count). The van der Waals surface area contributed by atoms with Crippen molar-refractivity contribution >= 4 is 11.8 Å². The lowest BCUT2D eigenvalue weighted by Crippen LogP contribution is -2.18. The quantitative estimate of drug-likeness (QED) is 0.624. The van der Waals surface area contributed by atoms with Crippen LogP contribution in [0.15, 0.2) is 24.3 Å². The van der Waals surface area contributed by atoms with Crippen LogP contribution in [0.2, 0.25) is 0 Å².